The Morgan fingerprint density at radius 3 is 2.48 bits per heavy atom. The Bertz CT molecular complexity index is 977. The summed E-state index contributed by atoms with van der Waals surface area (Å²) in [5.41, 5.74) is 9.59. The van der Waals surface area contributed by atoms with E-state index in [1.54, 1.807) is 0 Å². The van der Waals surface area contributed by atoms with E-state index in [0.29, 0.717) is 24.1 Å². The molecule has 0 aromatic heterocycles. The zero-order chi connectivity index (χ0) is 23.4. The number of hydrogen-bond acceptors (Lipinski definition) is 3. The van der Waals surface area contributed by atoms with Crippen molar-refractivity contribution in [2.45, 2.75) is 76.8 Å². The van der Waals surface area contributed by atoms with Crippen LogP contribution in [0.25, 0.3) is 0 Å². The van der Waals surface area contributed by atoms with Crippen molar-refractivity contribution >= 4 is 17.4 Å². The number of carbonyl (C=O) groups excluding carboxylic acids is 1. The number of fused-ring (bicyclic) bond motifs is 1. The van der Waals surface area contributed by atoms with E-state index in [2.05, 4.69) is 36.9 Å². The third kappa shape index (κ3) is 5.30. The number of rotatable bonds is 8. The largest absolute Gasteiger partial charge is 0.384 e. The number of nitrogen functional groups attached to an aromatic ring is 1. The summed E-state index contributed by atoms with van der Waals surface area (Å²) in [5.74, 6) is -0.0309. The Labute approximate surface area is 198 Å². The van der Waals surface area contributed by atoms with Crippen LogP contribution in [0.1, 0.15) is 75.0 Å². The second-order valence-electron chi connectivity index (χ2n) is 9.84. The van der Waals surface area contributed by atoms with Crippen molar-refractivity contribution in [3.05, 3.63) is 65.2 Å². The highest BCUT2D eigenvalue weighted by Crippen LogP contribution is 2.36. The lowest BCUT2D eigenvalue weighted by Crippen LogP contribution is -2.44. The number of unbranched alkanes of at least 4 members (excludes halogenated alkanes) is 2. The number of anilines is 1. The Morgan fingerprint density at radius 2 is 1.73 bits per heavy atom. The van der Waals surface area contributed by atoms with Gasteiger partial charge in [0.2, 0.25) is 5.91 Å². The highest BCUT2D eigenvalue weighted by atomic mass is 16.2. The van der Waals surface area contributed by atoms with Crippen LogP contribution in [0.3, 0.4) is 0 Å². The van der Waals surface area contributed by atoms with Gasteiger partial charge in [0, 0.05) is 29.9 Å². The molecule has 2 aliphatic heterocycles. The standard InChI is InChI=1S/C28H38N4O/c1-20-10-8-11-21(2)31(20)16-6-3-7-17-32-26-15-5-4-12-23(26)19-25(28(32)33)22-13-9-14-24(18-22)27(29)30/h4-5,9,12-15,18,20-21,25H,3,6-8,10-11,16-17,19H2,1-2H3,(H3,29,30)/t20-,21+,25?. The van der Waals surface area contributed by atoms with Gasteiger partial charge in [-0.25, -0.2) is 0 Å². The van der Waals surface area contributed by atoms with Crippen molar-refractivity contribution in [3.63, 3.8) is 0 Å². The molecule has 0 bridgehead atoms. The molecule has 0 radical (unpaired) electrons. The molecule has 33 heavy (non-hydrogen) atoms. The molecule has 1 unspecified atom stereocenters. The van der Waals surface area contributed by atoms with E-state index in [1.165, 1.54) is 31.2 Å². The first kappa shape index (κ1) is 23.5. The summed E-state index contributed by atoms with van der Waals surface area (Å²) in [5, 5.41) is 7.76. The molecule has 3 atom stereocenters. The molecule has 5 nitrogen and oxygen atoms in total. The monoisotopic (exact) mass is 446 g/mol. The summed E-state index contributed by atoms with van der Waals surface area (Å²) in [6.07, 6.45) is 8.00. The van der Waals surface area contributed by atoms with E-state index in [4.69, 9.17) is 11.1 Å². The molecule has 5 heteroatoms. The maximum atomic E-state index is 13.6. The molecule has 0 aliphatic carbocycles. The Balaban J connectivity index is 1.42. The molecule has 4 rings (SSSR count). The van der Waals surface area contributed by atoms with Crippen molar-refractivity contribution in [1.29, 1.82) is 5.41 Å². The molecule has 2 heterocycles. The molecule has 2 aromatic rings. The molecule has 1 saturated heterocycles. The average Bonchev–Trinajstić information content (AvgIpc) is 2.81. The summed E-state index contributed by atoms with van der Waals surface area (Å²) < 4.78 is 0. The van der Waals surface area contributed by atoms with Gasteiger partial charge in [0.05, 0.1) is 5.92 Å². The number of nitrogens with zero attached hydrogens (tertiary/aromatic N) is 2. The number of para-hydroxylation sites is 1. The van der Waals surface area contributed by atoms with Gasteiger partial charge in [-0.2, -0.15) is 0 Å². The third-order valence-electron chi connectivity index (χ3n) is 7.54. The third-order valence-corrected chi connectivity index (χ3v) is 7.54. The predicted octanol–water partition coefficient (Wildman–Crippen LogP) is 5.08. The van der Waals surface area contributed by atoms with Crippen molar-refractivity contribution in [1.82, 2.24) is 4.90 Å². The van der Waals surface area contributed by atoms with Gasteiger partial charge in [0.25, 0.3) is 0 Å². The molecule has 3 N–H and O–H groups in total. The van der Waals surface area contributed by atoms with Crippen molar-refractivity contribution in [2.24, 2.45) is 5.73 Å². The van der Waals surface area contributed by atoms with E-state index in [-0.39, 0.29) is 17.7 Å². The fourth-order valence-electron chi connectivity index (χ4n) is 5.63. The smallest absolute Gasteiger partial charge is 0.234 e. The van der Waals surface area contributed by atoms with Crippen molar-refractivity contribution < 1.29 is 4.79 Å². The molecular formula is C28H38N4O. The minimum absolute atomic E-state index is 0.0368. The van der Waals surface area contributed by atoms with Crippen LogP contribution in [0.5, 0.6) is 0 Å². The van der Waals surface area contributed by atoms with Gasteiger partial charge in [-0.15, -0.1) is 0 Å². The van der Waals surface area contributed by atoms with Crippen molar-refractivity contribution in [3.8, 4) is 0 Å². The normalized spacial score (nSPS) is 23.4. The second kappa shape index (κ2) is 10.5. The first-order chi connectivity index (χ1) is 16.0. The van der Waals surface area contributed by atoms with Crippen LogP contribution in [-0.2, 0) is 11.2 Å². The van der Waals surface area contributed by atoms with E-state index in [1.807, 2.05) is 35.2 Å². The van der Waals surface area contributed by atoms with Gasteiger partial charge in [0.15, 0.2) is 0 Å². The Kier molecular flexibility index (Phi) is 7.49. The first-order valence-electron chi connectivity index (χ1n) is 12.5. The Morgan fingerprint density at radius 1 is 1.00 bits per heavy atom. The quantitative estimate of drug-likeness (QED) is 0.337. The number of likely N-dealkylation sites (tertiary alicyclic amines) is 1. The van der Waals surface area contributed by atoms with Crippen molar-refractivity contribution in [2.75, 3.05) is 18.0 Å². The van der Waals surface area contributed by atoms with Gasteiger partial charge in [-0.3, -0.25) is 15.1 Å². The number of nitrogens with two attached hydrogens (primary N) is 1. The lowest BCUT2D eigenvalue weighted by atomic mass is 9.85. The fourth-order valence-corrected chi connectivity index (χ4v) is 5.63. The molecule has 0 spiro atoms. The van der Waals surface area contributed by atoms with Crippen LogP contribution in [0, 0.1) is 5.41 Å². The van der Waals surface area contributed by atoms with Gasteiger partial charge < -0.3 is 10.6 Å². The van der Waals surface area contributed by atoms with Gasteiger partial charge in [-0.1, -0.05) is 49.2 Å². The minimum Gasteiger partial charge on any atom is -0.384 e. The Hall–Kier alpha value is -2.66. The number of benzene rings is 2. The van der Waals surface area contributed by atoms with Crippen LogP contribution in [0.15, 0.2) is 48.5 Å². The average molecular weight is 447 g/mol. The van der Waals surface area contributed by atoms with Gasteiger partial charge in [-0.05, 0) is 75.8 Å². The van der Waals surface area contributed by atoms with Crippen LogP contribution in [-0.4, -0.2) is 41.8 Å². The topological polar surface area (TPSA) is 73.4 Å². The zero-order valence-electron chi connectivity index (χ0n) is 20.1. The predicted molar refractivity (Wildman–Crippen MR) is 136 cm³/mol. The lowest BCUT2D eigenvalue weighted by molar-refractivity contribution is -0.120. The van der Waals surface area contributed by atoms with Gasteiger partial charge >= 0.3 is 0 Å². The summed E-state index contributed by atoms with van der Waals surface area (Å²) in [7, 11) is 0. The summed E-state index contributed by atoms with van der Waals surface area (Å²) in [6, 6.07) is 17.3. The van der Waals surface area contributed by atoms with Crippen LogP contribution in [0.2, 0.25) is 0 Å². The van der Waals surface area contributed by atoms with Gasteiger partial charge in [0.1, 0.15) is 5.84 Å². The second-order valence-corrected chi connectivity index (χ2v) is 9.84. The van der Waals surface area contributed by atoms with Crippen LogP contribution < -0.4 is 10.6 Å². The molecule has 176 valence electrons. The van der Waals surface area contributed by atoms with Crippen LogP contribution >= 0.6 is 0 Å². The van der Waals surface area contributed by atoms with Crippen LogP contribution in [0.4, 0.5) is 5.69 Å². The molecule has 1 amide bonds. The molecule has 2 aromatic carbocycles. The summed E-state index contributed by atoms with van der Waals surface area (Å²) in [4.78, 5) is 18.3. The maximum absolute atomic E-state index is 13.6. The summed E-state index contributed by atoms with van der Waals surface area (Å²) >= 11 is 0. The number of hydrogen-bond donors (Lipinski definition) is 2. The van der Waals surface area contributed by atoms with E-state index < -0.39 is 0 Å². The zero-order valence-corrected chi connectivity index (χ0v) is 20.1. The molecule has 2 aliphatic rings. The van der Waals surface area contributed by atoms with E-state index in [0.717, 1.165) is 37.2 Å². The number of amidine groups is 1. The molecule has 1 fully saturated rings. The fraction of sp³-hybridized carbons (Fsp3) is 0.500. The number of carbonyl (C=O) groups is 1. The number of nitrogens with one attached hydrogen (secondary N) is 1. The number of piperidine rings is 1. The van der Waals surface area contributed by atoms with E-state index in [9.17, 15) is 4.79 Å². The molecule has 0 saturated carbocycles. The highest BCUT2D eigenvalue weighted by molar-refractivity contribution is 6.01. The number of amides is 1. The summed E-state index contributed by atoms with van der Waals surface area (Å²) in [6.45, 7) is 6.64. The lowest BCUT2D eigenvalue weighted by Gasteiger charge is -2.39. The maximum Gasteiger partial charge on any atom is 0.234 e. The minimum atomic E-state index is -0.228. The van der Waals surface area contributed by atoms with E-state index >= 15 is 0 Å². The highest BCUT2D eigenvalue weighted by Gasteiger charge is 2.33. The SMILES string of the molecule is C[C@@H]1CCC[C@H](C)N1CCCCCN1C(=O)C(c2cccc(C(=N)N)c2)Cc2ccccc21. The molecular weight excluding hydrogens is 408 g/mol. The first-order valence-corrected chi connectivity index (χ1v) is 12.5.